The number of hydrogen-bond acceptors (Lipinski definition) is 4. The molecule has 0 amide bonds. The molecule has 0 aliphatic heterocycles. The molecule has 6 heteroatoms. The zero-order valence-electron chi connectivity index (χ0n) is 9.17. The molecule has 15 heavy (non-hydrogen) atoms. The van der Waals surface area contributed by atoms with Gasteiger partial charge in [0.25, 0.3) is 0 Å². The van der Waals surface area contributed by atoms with E-state index in [1.807, 2.05) is 0 Å². The van der Waals surface area contributed by atoms with E-state index in [9.17, 15) is 0 Å². The lowest BCUT2D eigenvalue weighted by Crippen LogP contribution is -2.00. The quantitative estimate of drug-likeness (QED) is 0.437. The largest absolute Gasteiger partial charge is 0.484 e. The molecule has 4 nitrogen and oxygen atoms in total. The summed E-state index contributed by atoms with van der Waals surface area (Å²) in [5.74, 6) is 0.670. The molecule has 92 valence electrons. The Balaban J connectivity index is -0.000000720. The lowest BCUT2D eigenvalue weighted by Gasteiger charge is -2.03. The summed E-state index contributed by atoms with van der Waals surface area (Å²) in [6.45, 7) is 0. The maximum Gasteiger partial charge on any atom is 0.180 e. The van der Waals surface area contributed by atoms with Crippen LogP contribution in [0, 0.1) is 10.8 Å². The predicted molar refractivity (Wildman–Crippen MR) is 67.1 cm³/mol. The van der Waals surface area contributed by atoms with Crippen LogP contribution in [0.3, 0.4) is 0 Å². The predicted octanol–water partition coefficient (Wildman–Crippen LogP) is 3.03. The van der Waals surface area contributed by atoms with Gasteiger partial charge in [0.05, 0.1) is 14.2 Å². The normalized spacial score (nSPS) is 8.13. The van der Waals surface area contributed by atoms with Gasteiger partial charge in [-0.2, -0.15) is 0 Å². The minimum Gasteiger partial charge on any atom is -0.484 e. The van der Waals surface area contributed by atoms with Crippen LogP contribution in [0.4, 0.5) is 0 Å². The molecule has 0 aromatic heterocycles. The van der Waals surface area contributed by atoms with Crippen molar-refractivity contribution in [2.45, 2.75) is 32.1 Å². The van der Waals surface area contributed by atoms with Gasteiger partial charge in [0.2, 0.25) is 0 Å². The summed E-state index contributed by atoms with van der Waals surface area (Å²) in [5.41, 5.74) is 0. The summed E-state index contributed by atoms with van der Waals surface area (Å²) in [4.78, 5) is 0. The Morgan fingerprint density at radius 1 is 0.800 bits per heavy atom. The highest BCUT2D eigenvalue weighted by Gasteiger charge is 1.97. The molecular weight excluding hydrogens is 239 g/mol. The Bertz CT molecular complexity index is 159. The molecule has 0 fully saturated rings. The number of unbranched alkanes of at least 4 members (excludes halogenated alkanes) is 2. The van der Waals surface area contributed by atoms with Gasteiger partial charge in [-0.1, -0.05) is 6.42 Å². The van der Waals surface area contributed by atoms with Crippen LogP contribution in [0.2, 0.25) is 0 Å². The van der Waals surface area contributed by atoms with Crippen LogP contribution < -0.4 is 0 Å². The van der Waals surface area contributed by atoms with Crippen molar-refractivity contribution in [3.63, 3.8) is 0 Å². The summed E-state index contributed by atoms with van der Waals surface area (Å²) in [7, 11) is 3.03. The van der Waals surface area contributed by atoms with E-state index in [-0.39, 0.29) is 24.8 Å². The van der Waals surface area contributed by atoms with Crippen LogP contribution in [0.5, 0.6) is 0 Å². The molecule has 0 rings (SSSR count). The average molecular weight is 259 g/mol. The molecule has 0 saturated carbocycles. The van der Waals surface area contributed by atoms with Crippen molar-refractivity contribution in [2.24, 2.45) is 0 Å². The van der Waals surface area contributed by atoms with Gasteiger partial charge in [-0.05, 0) is 12.8 Å². The Labute approximate surface area is 104 Å². The molecular formula is C9H20Cl2N2O2. The molecule has 0 aromatic carbocycles. The molecule has 2 N–H and O–H groups in total. The number of hydrogen-bond donors (Lipinski definition) is 2. The van der Waals surface area contributed by atoms with E-state index in [1.165, 1.54) is 14.2 Å². The van der Waals surface area contributed by atoms with Crippen LogP contribution in [-0.2, 0) is 9.47 Å². The second kappa shape index (κ2) is 13.5. The first-order chi connectivity index (χ1) is 6.20. The minimum atomic E-state index is 0. The first kappa shape index (κ1) is 20.0. The fourth-order valence-corrected chi connectivity index (χ4v) is 0.952. The fraction of sp³-hybridized carbons (Fsp3) is 0.778. The molecule has 0 aliphatic rings. The summed E-state index contributed by atoms with van der Waals surface area (Å²) in [6, 6.07) is 0. The lowest BCUT2D eigenvalue weighted by atomic mass is 10.1. The number of methoxy groups -OCH3 is 2. The van der Waals surface area contributed by atoms with Gasteiger partial charge in [-0.3, -0.25) is 10.8 Å². The third-order valence-corrected chi connectivity index (χ3v) is 1.80. The van der Waals surface area contributed by atoms with E-state index >= 15 is 0 Å². The van der Waals surface area contributed by atoms with Crippen molar-refractivity contribution >= 4 is 36.6 Å². The third kappa shape index (κ3) is 13.5. The first-order valence-electron chi connectivity index (χ1n) is 4.43. The number of nitrogens with one attached hydrogen (secondary N) is 2. The SMILES string of the molecule is COC(=N)CCCCCC(=N)OC.Cl.Cl. The molecule has 0 atom stereocenters. The number of rotatable bonds is 6. The maximum atomic E-state index is 7.20. The summed E-state index contributed by atoms with van der Waals surface area (Å²) < 4.78 is 9.43. The van der Waals surface area contributed by atoms with E-state index < -0.39 is 0 Å². The van der Waals surface area contributed by atoms with Crippen molar-refractivity contribution in [2.75, 3.05) is 14.2 Å². The molecule has 0 heterocycles. The van der Waals surface area contributed by atoms with Crippen LogP contribution in [-0.4, -0.2) is 26.0 Å². The molecule has 0 bridgehead atoms. The third-order valence-electron chi connectivity index (χ3n) is 1.80. The molecule has 0 unspecified atom stereocenters. The number of halogens is 2. The average Bonchev–Trinajstić information content (AvgIpc) is 2.16. The highest BCUT2D eigenvalue weighted by atomic mass is 35.5. The second-order valence-electron chi connectivity index (χ2n) is 2.82. The minimum absolute atomic E-state index is 0. The Kier molecular flexibility index (Phi) is 18.0. The van der Waals surface area contributed by atoms with Crippen molar-refractivity contribution in [1.82, 2.24) is 0 Å². The molecule has 0 spiro atoms. The van der Waals surface area contributed by atoms with Crippen LogP contribution in [0.15, 0.2) is 0 Å². The van der Waals surface area contributed by atoms with Crippen molar-refractivity contribution in [3.05, 3.63) is 0 Å². The fourth-order valence-electron chi connectivity index (χ4n) is 0.952. The molecule has 0 radical (unpaired) electrons. The Morgan fingerprint density at radius 2 is 1.13 bits per heavy atom. The first-order valence-corrected chi connectivity index (χ1v) is 4.43. The van der Waals surface area contributed by atoms with E-state index in [1.54, 1.807) is 0 Å². The van der Waals surface area contributed by atoms with Crippen LogP contribution in [0.1, 0.15) is 32.1 Å². The van der Waals surface area contributed by atoms with Gasteiger partial charge in [0.15, 0.2) is 11.8 Å². The molecule has 0 saturated heterocycles. The van der Waals surface area contributed by atoms with Crippen molar-refractivity contribution in [1.29, 1.82) is 10.8 Å². The van der Waals surface area contributed by atoms with Gasteiger partial charge < -0.3 is 9.47 Å². The Hall–Kier alpha value is -0.480. The molecule has 0 aliphatic carbocycles. The molecule has 0 aromatic rings. The topological polar surface area (TPSA) is 66.2 Å². The van der Waals surface area contributed by atoms with Crippen LogP contribution >= 0.6 is 24.8 Å². The van der Waals surface area contributed by atoms with E-state index in [0.717, 1.165) is 19.3 Å². The van der Waals surface area contributed by atoms with Gasteiger partial charge in [0, 0.05) is 12.8 Å². The highest BCUT2D eigenvalue weighted by molar-refractivity contribution is 5.85. The van der Waals surface area contributed by atoms with Gasteiger partial charge in [0.1, 0.15) is 0 Å². The maximum absolute atomic E-state index is 7.20. The van der Waals surface area contributed by atoms with Crippen molar-refractivity contribution < 1.29 is 9.47 Å². The summed E-state index contributed by atoms with van der Waals surface area (Å²) in [5, 5.41) is 14.4. The zero-order chi connectivity index (χ0) is 10.1. The van der Waals surface area contributed by atoms with E-state index in [2.05, 4.69) is 0 Å². The highest BCUT2D eigenvalue weighted by Crippen LogP contribution is 2.04. The number of ether oxygens (including phenoxy) is 2. The lowest BCUT2D eigenvalue weighted by molar-refractivity contribution is 0.378. The zero-order valence-corrected chi connectivity index (χ0v) is 10.8. The van der Waals surface area contributed by atoms with Gasteiger partial charge in [-0.25, -0.2) is 0 Å². The summed E-state index contributed by atoms with van der Waals surface area (Å²) >= 11 is 0. The monoisotopic (exact) mass is 258 g/mol. The van der Waals surface area contributed by atoms with Gasteiger partial charge in [-0.15, -0.1) is 24.8 Å². The second-order valence-corrected chi connectivity index (χ2v) is 2.82. The van der Waals surface area contributed by atoms with Crippen LogP contribution in [0.25, 0.3) is 0 Å². The summed E-state index contributed by atoms with van der Waals surface area (Å²) in [6.07, 6.45) is 4.29. The van der Waals surface area contributed by atoms with Gasteiger partial charge >= 0.3 is 0 Å². The standard InChI is InChI=1S/C9H18N2O2.2ClH/c1-12-8(10)6-4-3-5-7-9(11)13-2;;/h10-11H,3-7H2,1-2H3;2*1H. The Morgan fingerprint density at radius 3 is 1.40 bits per heavy atom. The van der Waals surface area contributed by atoms with Crippen molar-refractivity contribution in [3.8, 4) is 0 Å². The van der Waals surface area contributed by atoms with E-state index in [0.29, 0.717) is 24.6 Å². The smallest absolute Gasteiger partial charge is 0.180 e. The van der Waals surface area contributed by atoms with E-state index in [4.69, 9.17) is 20.3 Å².